The predicted octanol–water partition coefficient (Wildman–Crippen LogP) is 5.35. The molecule has 0 aliphatic carbocycles. The van der Waals surface area contributed by atoms with E-state index in [1.165, 1.54) is 0 Å². The van der Waals surface area contributed by atoms with Crippen LogP contribution >= 0.6 is 23.2 Å². The molecule has 0 aliphatic rings. The van der Waals surface area contributed by atoms with Gasteiger partial charge in [-0.05, 0) is 30.3 Å². The van der Waals surface area contributed by atoms with Crippen LogP contribution in [0.2, 0.25) is 10.0 Å². The van der Waals surface area contributed by atoms with Gasteiger partial charge in [-0.25, -0.2) is 0 Å². The Hall–Kier alpha value is -1.51. The Bertz CT molecular complexity index is 734. The lowest BCUT2D eigenvalue weighted by Crippen LogP contribution is -1.87. The van der Waals surface area contributed by atoms with Gasteiger partial charge in [-0.3, -0.25) is 0 Å². The number of hydrogen-bond donors (Lipinski definition) is 0. The Morgan fingerprint density at radius 2 is 1.72 bits per heavy atom. The van der Waals surface area contributed by atoms with Gasteiger partial charge < -0.3 is 0 Å². The van der Waals surface area contributed by atoms with Crippen LogP contribution in [-0.4, -0.2) is 4.79 Å². The number of benzene rings is 2. The summed E-state index contributed by atoms with van der Waals surface area (Å²) in [5, 5.41) is 1.80. The van der Waals surface area contributed by atoms with Gasteiger partial charge in [0.25, 0.3) is 0 Å². The highest BCUT2D eigenvalue weighted by atomic mass is 35.5. The number of aromatic nitrogens is 1. The summed E-state index contributed by atoms with van der Waals surface area (Å²) < 4.78 is 14.2. The first-order valence-corrected chi connectivity index (χ1v) is 6.14. The Morgan fingerprint density at radius 1 is 0.944 bits per heavy atom. The summed E-state index contributed by atoms with van der Waals surface area (Å²) in [7, 11) is 0. The molecule has 0 aliphatic heterocycles. The average Bonchev–Trinajstić information content (AvgIpc) is 2.68. The molecule has 0 spiro atoms. The number of nitrogens with zero attached hydrogens (tertiary/aromatic N) is 1. The first-order chi connectivity index (χ1) is 8.66. The van der Waals surface area contributed by atoms with Crippen LogP contribution in [-0.2, 0) is 0 Å². The number of rotatable bonds is 1. The monoisotopic (exact) mass is 279 g/mol. The van der Waals surface area contributed by atoms with Crippen molar-refractivity contribution in [1.82, 2.24) is 4.79 Å². The highest BCUT2D eigenvalue weighted by molar-refractivity contribution is 6.36. The lowest BCUT2D eigenvalue weighted by atomic mass is 10.1. The third-order valence-corrected chi connectivity index (χ3v) is 3.41. The third-order valence-electron chi connectivity index (χ3n) is 2.86. The third kappa shape index (κ3) is 1.78. The normalized spacial score (nSPS) is 11.1. The second-order valence-electron chi connectivity index (χ2n) is 3.99. The van der Waals surface area contributed by atoms with Crippen molar-refractivity contribution >= 4 is 34.1 Å². The molecule has 0 saturated heterocycles. The van der Waals surface area contributed by atoms with Crippen LogP contribution in [0.1, 0.15) is 0 Å². The van der Waals surface area contributed by atoms with Gasteiger partial charge in [0.1, 0.15) is 0 Å². The minimum absolute atomic E-state index is 0.429. The van der Waals surface area contributed by atoms with Crippen LogP contribution < -0.4 is 0 Å². The second kappa shape index (κ2) is 4.30. The van der Waals surface area contributed by atoms with Crippen molar-refractivity contribution in [3.05, 3.63) is 58.6 Å². The average molecular weight is 280 g/mol. The van der Waals surface area contributed by atoms with E-state index in [4.69, 9.17) is 23.2 Å². The number of para-hydroxylation sites is 1. The molecule has 0 fully saturated rings. The van der Waals surface area contributed by atoms with E-state index in [-0.39, 0.29) is 0 Å². The Balaban J connectivity index is 2.28. The molecule has 3 rings (SSSR count). The summed E-state index contributed by atoms with van der Waals surface area (Å²) in [6, 6.07) is 14.0. The predicted molar refractivity (Wildman–Crippen MR) is 73.9 cm³/mol. The van der Waals surface area contributed by atoms with Crippen LogP contribution in [0.4, 0.5) is 4.48 Å². The van der Waals surface area contributed by atoms with E-state index >= 15 is 0 Å². The first kappa shape index (κ1) is 11.6. The fourth-order valence-corrected chi connectivity index (χ4v) is 2.51. The first-order valence-electron chi connectivity index (χ1n) is 5.39. The van der Waals surface area contributed by atoms with Gasteiger partial charge in [-0.2, -0.15) is 4.79 Å². The molecule has 18 heavy (non-hydrogen) atoms. The summed E-state index contributed by atoms with van der Waals surface area (Å²) in [5.41, 5.74) is 1.58. The molecule has 1 heterocycles. The molecular formula is C14H8Cl2FN. The minimum Gasteiger partial charge on any atom is -0.178 e. The Labute approximate surface area is 113 Å². The number of fused-ring (bicyclic) bond motifs is 1. The summed E-state index contributed by atoms with van der Waals surface area (Å²) in [5.74, 6) is 0. The van der Waals surface area contributed by atoms with E-state index in [1.54, 1.807) is 36.4 Å². The zero-order chi connectivity index (χ0) is 12.7. The summed E-state index contributed by atoms with van der Waals surface area (Å²) in [6.07, 6.45) is 0. The molecular weight excluding hydrogens is 272 g/mol. The van der Waals surface area contributed by atoms with Gasteiger partial charge in [0.05, 0.1) is 16.2 Å². The maximum Gasteiger partial charge on any atom is 0.0841 e. The highest BCUT2D eigenvalue weighted by Gasteiger charge is 2.13. The van der Waals surface area contributed by atoms with E-state index in [2.05, 4.69) is 0 Å². The maximum absolute atomic E-state index is 14.2. The molecule has 2 aromatic carbocycles. The van der Waals surface area contributed by atoms with E-state index in [9.17, 15) is 4.48 Å². The second-order valence-corrected chi connectivity index (χ2v) is 4.84. The van der Waals surface area contributed by atoms with Crippen molar-refractivity contribution in [2.75, 3.05) is 0 Å². The van der Waals surface area contributed by atoms with Gasteiger partial charge in [0.15, 0.2) is 0 Å². The van der Waals surface area contributed by atoms with Crippen molar-refractivity contribution in [2.45, 2.75) is 0 Å². The van der Waals surface area contributed by atoms with Gasteiger partial charge >= 0.3 is 0 Å². The molecule has 0 saturated carbocycles. The maximum atomic E-state index is 14.2. The van der Waals surface area contributed by atoms with E-state index in [0.29, 0.717) is 31.6 Å². The molecule has 0 bridgehead atoms. The van der Waals surface area contributed by atoms with Crippen LogP contribution in [0.25, 0.3) is 22.2 Å². The minimum atomic E-state index is 0.429. The molecule has 0 amide bonds. The zero-order valence-electron chi connectivity index (χ0n) is 9.20. The van der Waals surface area contributed by atoms with Crippen LogP contribution in [0.5, 0.6) is 0 Å². The molecule has 0 atom stereocenters. The van der Waals surface area contributed by atoms with E-state index in [1.807, 2.05) is 12.1 Å². The molecule has 1 nitrogen and oxygen atoms in total. The van der Waals surface area contributed by atoms with Crippen LogP contribution in [0, 0.1) is 0 Å². The topological polar surface area (TPSA) is 4.93 Å². The van der Waals surface area contributed by atoms with Crippen molar-refractivity contribution in [2.24, 2.45) is 0 Å². The van der Waals surface area contributed by atoms with Gasteiger partial charge in [0, 0.05) is 16.0 Å². The van der Waals surface area contributed by atoms with Crippen molar-refractivity contribution in [3.63, 3.8) is 0 Å². The number of halogens is 3. The lowest BCUT2D eigenvalue weighted by molar-refractivity contribution is 0.394. The molecule has 0 radical (unpaired) electrons. The SMILES string of the molecule is Fn1c(-c2ccc(Cl)cc2Cl)cc2ccccc21. The number of hydrogen-bond acceptors (Lipinski definition) is 0. The summed E-state index contributed by atoms with van der Waals surface area (Å²) in [6.45, 7) is 0. The van der Waals surface area contributed by atoms with Crippen molar-refractivity contribution in [1.29, 1.82) is 0 Å². The van der Waals surface area contributed by atoms with Gasteiger partial charge in [0.2, 0.25) is 0 Å². The van der Waals surface area contributed by atoms with Crippen LogP contribution in [0.3, 0.4) is 0 Å². The Morgan fingerprint density at radius 3 is 2.44 bits per heavy atom. The largest absolute Gasteiger partial charge is 0.178 e. The van der Waals surface area contributed by atoms with Crippen molar-refractivity contribution in [3.8, 4) is 11.3 Å². The van der Waals surface area contributed by atoms with Crippen molar-refractivity contribution < 1.29 is 4.48 Å². The molecule has 4 heteroatoms. The molecule has 90 valence electrons. The molecule has 3 aromatic rings. The lowest BCUT2D eigenvalue weighted by Gasteiger charge is -2.04. The smallest absolute Gasteiger partial charge is 0.0841 e. The van der Waals surface area contributed by atoms with E-state index < -0.39 is 0 Å². The molecule has 1 aromatic heterocycles. The Kier molecular flexibility index (Phi) is 2.77. The summed E-state index contributed by atoms with van der Waals surface area (Å²) >= 11 is 11.9. The van der Waals surface area contributed by atoms with E-state index in [0.717, 1.165) is 5.39 Å². The molecule has 0 unspecified atom stereocenters. The zero-order valence-corrected chi connectivity index (χ0v) is 10.7. The fourth-order valence-electron chi connectivity index (χ4n) is 2.00. The summed E-state index contributed by atoms with van der Waals surface area (Å²) in [4.78, 5) is 0.643. The van der Waals surface area contributed by atoms with Gasteiger partial charge in [-0.15, -0.1) is 0 Å². The molecule has 0 N–H and O–H groups in total. The highest BCUT2D eigenvalue weighted by Crippen LogP contribution is 2.34. The standard InChI is InChI=1S/C14H8Cl2FN/c15-10-5-6-11(12(16)8-10)14-7-9-3-1-2-4-13(9)18(14)17/h1-8H. The fraction of sp³-hybridized carbons (Fsp3) is 0. The van der Waals surface area contributed by atoms with Crippen LogP contribution in [0.15, 0.2) is 48.5 Å². The van der Waals surface area contributed by atoms with Gasteiger partial charge in [-0.1, -0.05) is 45.9 Å². The quantitative estimate of drug-likeness (QED) is 0.566.